The van der Waals surface area contributed by atoms with Gasteiger partial charge in [-0.1, -0.05) is 74.5 Å². The van der Waals surface area contributed by atoms with E-state index < -0.39 is 17.5 Å². The number of imide groups is 1. The third-order valence-electron chi connectivity index (χ3n) is 5.76. The third kappa shape index (κ3) is 8.33. The molecule has 4 heterocycles. The molecule has 2 saturated heterocycles. The van der Waals surface area contributed by atoms with Crippen LogP contribution in [0.1, 0.15) is 5.56 Å². The molecular weight excluding hydrogens is 741 g/mol. The summed E-state index contributed by atoms with van der Waals surface area (Å²) in [6.07, 6.45) is 1.63. The van der Waals surface area contributed by atoms with Gasteiger partial charge in [0.1, 0.15) is 32.7 Å². The smallest absolute Gasteiger partial charge is 0.332 e. The van der Waals surface area contributed by atoms with Gasteiger partial charge in [0.15, 0.2) is 0 Å². The maximum Gasteiger partial charge on any atom is 0.332 e. The van der Waals surface area contributed by atoms with Crippen LogP contribution in [-0.2, 0) is 20.8 Å². The number of nitrogens with one attached hydrogen (secondary N) is 1. The quantitative estimate of drug-likeness (QED) is 0.103. The minimum atomic E-state index is -1.22. The number of rotatable bonds is 4. The lowest BCUT2D eigenvalue weighted by molar-refractivity contribution is -0.132. The molecule has 1 N–H and O–H groups in total. The average Bonchev–Trinajstić information content (AvgIpc) is 3.11. The Morgan fingerprint density at radius 2 is 1.45 bits per heavy atom. The van der Waals surface area contributed by atoms with Gasteiger partial charge >= 0.3 is 6.03 Å². The molecule has 2 aromatic heterocycles. The number of fused-ring (bicyclic) bond motifs is 1. The van der Waals surface area contributed by atoms with E-state index in [1.807, 2.05) is 24.3 Å². The van der Waals surface area contributed by atoms with E-state index in [-0.39, 0.29) is 57.1 Å². The summed E-state index contributed by atoms with van der Waals surface area (Å²) < 4.78 is 0.902. The van der Waals surface area contributed by atoms with Crippen molar-refractivity contribution in [2.45, 2.75) is 12.0 Å². The molecule has 4 amide bonds. The van der Waals surface area contributed by atoms with Crippen LogP contribution in [0.25, 0.3) is 0 Å². The standard InChI is InChI=1S/C18H13BrCl2N4O3.C6H2Cl2N2O.CH2Cl2/c19-11-3-1-10(2-4-11)7-18-9-22-15(26)8-24(18)17(28)25(16(18)27)12-5-13(20)23-14(21)6-12;7-5-1-4(9-3-11)2-6(8)10-5;2-1-3/h1-6H,7-9H2,(H,22,26);1-2H;1H2. The van der Waals surface area contributed by atoms with Gasteiger partial charge < -0.3 is 5.32 Å². The summed E-state index contributed by atoms with van der Waals surface area (Å²) in [5.41, 5.74) is 0.210. The molecule has 42 heavy (non-hydrogen) atoms. The number of pyridine rings is 2. The molecule has 10 nitrogen and oxygen atoms in total. The number of nitrogens with zero attached hydrogens (tertiary/aromatic N) is 5. The number of halogens is 7. The SMILES string of the molecule is ClCCl.O=C1CN2C(=O)N(c3cc(Cl)nc(Cl)c3)C(=O)C2(Cc2ccc(Br)cc2)CN1.O=C=Nc1cc(Cl)nc(Cl)c1. The van der Waals surface area contributed by atoms with Gasteiger partial charge in [-0.3, -0.25) is 14.5 Å². The predicted molar refractivity (Wildman–Crippen MR) is 166 cm³/mol. The zero-order valence-electron chi connectivity index (χ0n) is 21.0. The van der Waals surface area contributed by atoms with Crippen LogP contribution >= 0.6 is 85.5 Å². The molecule has 0 saturated carbocycles. The number of carbonyl (C=O) groups is 3. The first-order valence-electron chi connectivity index (χ1n) is 11.5. The summed E-state index contributed by atoms with van der Waals surface area (Å²) in [4.78, 5) is 61.5. The molecule has 3 aromatic rings. The number of alkyl halides is 2. The Hall–Kier alpha value is -2.47. The zero-order valence-corrected chi connectivity index (χ0v) is 27.1. The van der Waals surface area contributed by atoms with Gasteiger partial charge in [0, 0.05) is 23.0 Å². The van der Waals surface area contributed by atoms with Gasteiger partial charge in [-0.05, 0) is 29.8 Å². The number of isocyanates is 1. The molecule has 220 valence electrons. The molecule has 0 aliphatic carbocycles. The Morgan fingerprint density at radius 3 is 1.98 bits per heavy atom. The fraction of sp³-hybridized carbons (Fsp3) is 0.200. The van der Waals surface area contributed by atoms with Crippen molar-refractivity contribution in [2.24, 2.45) is 4.99 Å². The third-order valence-corrected chi connectivity index (χ3v) is 7.06. The van der Waals surface area contributed by atoms with Crippen molar-refractivity contribution in [3.8, 4) is 0 Å². The van der Waals surface area contributed by atoms with Crippen LogP contribution in [0, 0.1) is 0 Å². The van der Waals surface area contributed by atoms with Gasteiger partial charge in [-0.25, -0.2) is 24.5 Å². The van der Waals surface area contributed by atoms with Gasteiger partial charge in [0.05, 0.1) is 23.3 Å². The number of carbonyl (C=O) groups excluding carboxylic acids is 4. The van der Waals surface area contributed by atoms with E-state index >= 15 is 0 Å². The van der Waals surface area contributed by atoms with Crippen molar-refractivity contribution in [3.05, 3.63) is 79.2 Å². The lowest BCUT2D eigenvalue weighted by atomic mass is 9.87. The molecule has 1 atom stereocenters. The second-order valence-corrected chi connectivity index (χ2v) is 11.6. The summed E-state index contributed by atoms with van der Waals surface area (Å²) in [6.45, 7) is -0.181. The highest BCUT2D eigenvalue weighted by Gasteiger charge is 2.60. The molecule has 2 aliphatic heterocycles. The maximum absolute atomic E-state index is 13.5. The van der Waals surface area contributed by atoms with Crippen molar-refractivity contribution in [3.63, 3.8) is 0 Å². The van der Waals surface area contributed by atoms with Crippen LogP contribution in [0.2, 0.25) is 20.6 Å². The van der Waals surface area contributed by atoms with E-state index in [2.05, 4.69) is 36.2 Å². The van der Waals surface area contributed by atoms with Crippen LogP contribution in [0.4, 0.5) is 16.2 Å². The van der Waals surface area contributed by atoms with Gasteiger partial charge in [0.2, 0.25) is 12.0 Å². The predicted octanol–water partition coefficient (Wildman–Crippen LogP) is 6.81. The number of benzene rings is 1. The van der Waals surface area contributed by atoms with Crippen molar-refractivity contribution < 1.29 is 19.2 Å². The van der Waals surface area contributed by atoms with Crippen molar-refractivity contribution >= 4 is 121 Å². The van der Waals surface area contributed by atoms with Crippen LogP contribution in [0.15, 0.2) is 58.0 Å². The summed E-state index contributed by atoms with van der Waals surface area (Å²) in [5, 5.41) is 3.43. The van der Waals surface area contributed by atoms with E-state index in [9.17, 15) is 19.2 Å². The van der Waals surface area contributed by atoms with Crippen molar-refractivity contribution in [1.29, 1.82) is 0 Å². The highest BCUT2D eigenvalue weighted by molar-refractivity contribution is 9.10. The summed E-state index contributed by atoms with van der Waals surface area (Å²) >= 11 is 35.8. The molecule has 0 radical (unpaired) electrons. The van der Waals surface area contributed by atoms with Gasteiger partial charge in [0.25, 0.3) is 5.91 Å². The molecular formula is C25H17BrCl6N6O4. The number of aliphatic imine (C=N–C) groups is 1. The summed E-state index contributed by atoms with van der Waals surface area (Å²) in [5.74, 6) is -0.765. The second-order valence-electron chi connectivity index (χ2n) is 8.37. The largest absolute Gasteiger partial charge is 0.352 e. The topological polar surface area (TPSA) is 125 Å². The monoisotopic (exact) mass is 754 g/mol. The number of urea groups is 1. The highest BCUT2D eigenvalue weighted by atomic mass is 79.9. The van der Waals surface area contributed by atoms with E-state index in [0.717, 1.165) is 14.9 Å². The molecule has 2 fully saturated rings. The van der Waals surface area contributed by atoms with Crippen molar-refractivity contribution in [1.82, 2.24) is 20.2 Å². The van der Waals surface area contributed by atoms with E-state index in [1.165, 1.54) is 35.2 Å². The number of aromatic nitrogens is 2. The number of piperazine rings is 1. The molecule has 5 rings (SSSR count). The van der Waals surface area contributed by atoms with Gasteiger partial charge in [-0.15, -0.1) is 23.2 Å². The first-order chi connectivity index (χ1) is 19.9. The normalized spacial score (nSPS) is 17.3. The molecule has 0 spiro atoms. The van der Waals surface area contributed by atoms with E-state index in [4.69, 9.17) is 69.6 Å². The van der Waals surface area contributed by atoms with Crippen LogP contribution in [0.3, 0.4) is 0 Å². The Labute approximate surface area is 278 Å². The van der Waals surface area contributed by atoms with E-state index in [1.54, 1.807) is 0 Å². The minimum Gasteiger partial charge on any atom is -0.352 e. The number of anilines is 1. The maximum atomic E-state index is 13.5. The molecule has 1 unspecified atom stereocenters. The van der Waals surface area contributed by atoms with Gasteiger partial charge in [-0.2, -0.15) is 4.99 Å². The first-order valence-corrected chi connectivity index (χ1v) is 14.8. The van der Waals surface area contributed by atoms with E-state index in [0.29, 0.717) is 5.69 Å². The number of hydrogen-bond acceptors (Lipinski definition) is 7. The zero-order chi connectivity index (χ0) is 31.0. The van der Waals surface area contributed by atoms with Crippen molar-refractivity contribution in [2.75, 3.05) is 23.3 Å². The average molecular weight is 758 g/mol. The minimum absolute atomic E-state index is 0.0233. The fourth-order valence-corrected chi connectivity index (χ4v) is 5.26. The van der Waals surface area contributed by atoms with Crippen LogP contribution in [-0.4, -0.2) is 62.8 Å². The molecule has 1 aromatic carbocycles. The Kier molecular flexibility index (Phi) is 12.4. The summed E-state index contributed by atoms with van der Waals surface area (Å²) in [6, 6.07) is 12.5. The lowest BCUT2D eigenvalue weighted by Gasteiger charge is -2.38. The number of amides is 4. The van der Waals surface area contributed by atoms with Crippen LogP contribution < -0.4 is 10.2 Å². The van der Waals surface area contributed by atoms with Crippen LogP contribution in [0.5, 0.6) is 0 Å². The molecule has 17 heteroatoms. The first kappa shape index (κ1) is 34.0. The lowest BCUT2D eigenvalue weighted by Crippen LogP contribution is -2.64. The Balaban J connectivity index is 0.000000288. The molecule has 0 bridgehead atoms. The molecule has 2 aliphatic rings. The fourth-order valence-electron chi connectivity index (χ4n) is 4.10. The Morgan fingerprint density at radius 1 is 0.929 bits per heavy atom. The summed E-state index contributed by atoms with van der Waals surface area (Å²) in [7, 11) is 0. The number of hydrogen-bond donors (Lipinski definition) is 1. The highest BCUT2D eigenvalue weighted by Crippen LogP contribution is 2.37. The Bertz CT molecular complexity index is 1500. The second kappa shape index (κ2) is 15.3.